The standard InChI is InChI=1S/C11H7BrFNOS/c12-10-6-14-11(16-10)9(15)5-7-2-1-3-8(13)4-7/h1-4,6H,5H2. The average Bonchev–Trinajstić information content (AvgIpc) is 2.65. The van der Waals surface area contributed by atoms with E-state index in [-0.39, 0.29) is 18.0 Å². The molecule has 0 unspecified atom stereocenters. The predicted molar refractivity (Wildman–Crippen MR) is 64.2 cm³/mol. The number of rotatable bonds is 3. The summed E-state index contributed by atoms with van der Waals surface area (Å²) in [6, 6.07) is 6.04. The summed E-state index contributed by atoms with van der Waals surface area (Å²) in [5.41, 5.74) is 0.663. The molecule has 0 N–H and O–H groups in total. The second kappa shape index (κ2) is 4.84. The van der Waals surface area contributed by atoms with Crippen LogP contribution in [0.15, 0.2) is 34.2 Å². The molecule has 1 aromatic carbocycles. The van der Waals surface area contributed by atoms with Crippen molar-refractivity contribution in [2.45, 2.75) is 6.42 Å². The molecule has 1 heterocycles. The van der Waals surface area contributed by atoms with E-state index < -0.39 is 0 Å². The van der Waals surface area contributed by atoms with E-state index in [1.807, 2.05) is 0 Å². The molecule has 0 atom stereocenters. The maximum absolute atomic E-state index is 12.9. The molecule has 1 aromatic heterocycles. The van der Waals surface area contributed by atoms with Gasteiger partial charge in [-0.2, -0.15) is 0 Å². The van der Waals surface area contributed by atoms with Gasteiger partial charge < -0.3 is 0 Å². The van der Waals surface area contributed by atoms with Crippen molar-refractivity contribution in [2.24, 2.45) is 0 Å². The topological polar surface area (TPSA) is 30.0 Å². The number of hydrogen-bond acceptors (Lipinski definition) is 3. The number of aromatic nitrogens is 1. The molecule has 82 valence electrons. The maximum Gasteiger partial charge on any atom is 0.195 e. The van der Waals surface area contributed by atoms with Crippen LogP contribution in [0.4, 0.5) is 4.39 Å². The van der Waals surface area contributed by atoms with Gasteiger partial charge in [-0.3, -0.25) is 4.79 Å². The molecule has 2 nitrogen and oxygen atoms in total. The molecule has 16 heavy (non-hydrogen) atoms. The maximum atomic E-state index is 12.9. The van der Waals surface area contributed by atoms with Crippen LogP contribution in [0.5, 0.6) is 0 Å². The second-order valence-corrected chi connectivity index (χ2v) is 5.61. The van der Waals surface area contributed by atoms with Gasteiger partial charge in [0, 0.05) is 6.42 Å². The fourth-order valence-electron chi connectivity index (χ4n) is 1.29. The molecule has 5 heteroatoms. The molecule has 0 amide bonds. The summed E-state index contributed by atoms with van der Waals surface area (Å²) in [5, 5.41) is 0.441. The van der Waals surface area contributed by atoms with Crippen LogP contribution in [0.25, 0.3) is 0 Å². The van der Waals surface area contributed by atoms with Crippen molar-refractivity contribution in [2.75, 3.05) is 0 Å². The molecule has 0 fully saturated rings. The van der Waals surface area contributed by atoms with Gasteiger partial charge in [-0.1, -0.05) is 12.1 Å². The molecule has 0 aliphatic carbocycles. The molecule has 0 aliphatic rings. The highest BCUT2D eigenvalue weighted by atomic mass is 79.9. The van der Waals surface area contributed by atoms with Crippen molar-refractivity contribution < 1.29 is 9.18 Å². The highest BCUT2D eigenvalue weighted by molar-refractivity contribution is 9.11. The number of Topliss-reactive ketones (excluding diaryl/α,β-unsaturated/α-hetero) is 1. The van der Waals surface area contributed by atoms with Crippen LogP contribution < -0.4 is 0 Å². The molecule has 2 rings (SSSR count). The van der Waals surface area contributed by atoms with Crippen LogP contribution in [-0.4, -0.2) is 10.8 Å². The fraction of sp³-hybridized carbons (Fsp3) is 0.0909. The first-order valence-corrected chi connectivity index (χ1v) is 6.15. The van der Waals surface area contributed by atoms with Gasteiger partial charge >= 0.3 is 0 Å². The van der Waals surface area contributed by atoms with Crippen molar-refractivity contribution in [3.63, 3.8) is 0 Å². The van der Waals surface area contributed by atoms with E-state index in [0.29, 0.717) is 10.6 Å². The fourth-order valence-corrected chi connectivity index (χ4v) is 2.44. The minimum atomic E-state index is -0.328. The Bertz CT molecular complexity index is 526. The summed E-state index contributed by atoms with van der Waals surface area (Å²) in [7, 11) is 0. The van der Waals surface area contributed by atoms with Crippen LogP contribution in [-0.2, 0) is 6.42 Å². The second-order valence-electron chi connectivity index (χ2n) is 3.20. The van der Waals surface area contributed by atoms with E-state index in [1.165, 1.54) is 23.5 Å². The average molecular weight is 300 g/mol. The van der Waals surface area contributed by atoms with Gasteiger partial charge in [0.25, 0.3) is 0 Å². The van der Waals surface area contributed by atoms with Crippen molar-refractivity contribution >= 4 is 33.0 Å². The van der Waals surface area contributed by atoms with Gasteiger partial charge in [-0.15, -0.1) is 11.3 Å². The summed E-state index contributed by atoms with van der Waals surface area (Å²) in [4.78, 5) is 15.7. The Kier molecular flexibility index (Phi) is 3.46. The lowest BCUT2D eigenvalue weighted by Crippen LogP contribution is -2.02. The number of hydrogen-bond donors (Lipinski definition) is 0. The number of nitrogens with zero attached hydrogens (tertiary/aromatic N) is 1. The molecule has 0 saturated heterocycles. The monoisotopic (exact) mass is 299 g/mol. The molecule has 0 spiro atoms. The van der Waals surface area contributed by atoms with E-state index in [2.05, 4.69) is 20.9 Å². The summed E-state index contributed by atoms with van der Waals surface area (Å²) < 4.78 is 13.7. The summed E-state index contributed by atoms with van der Waals surface area (Å²) in [6.45, 7) is 0. The first-order chi connectivity index (χ1) is 7.65. The number of thiazole rings is 1. The van der Waals surface area contributed by atoms with Crippen molar-refractivity contribution in [3.8, 4) is 0 Å². The molecule has 0 saturated carbocycles. The highest BCUT2D eigenvalue weighted by Gasteiger charge is 2.11. The number of carbonyl (C=O) groups excluding carboxylic acids is 1. The quantitative estimate of drug-likeness (QED) is 0.812. The summed E-state index contributed by atoms with van der Waals surface area (Å²) in [6.07, 6.45) is 1.77. The molecule has 0 aliphatic heterocycles. The lowest BCUT2D eigenvalue weighted by molar-refractivity contribution is 0.0992. The van der Waals surface area contributed by atoms with E-state index in [0.717, 1.165) is 3.79 Å². The van der Waals surface area contributed by atoms with Gasteiger partial charge in [0.1, 0.15) is 5.82 Å². The Morgan fingerprint density at radius 3 is 2.94 bits per heavy atom. The number of benzene rings is 1. The lowest BCUT2D eigenvalue weighted by Gasteiger charge is -1.98. The lowest BCUT2D eigenvalue weighted by atomic mass is 10.1. The minimum absolute atomic E-state index is 0.0960. The van der Waals surface area contributed by atoms with Gasteiger partial charge in [0.05, 0.1) is 9.98 Å². The Balaban J connectivity index is 2.13. The number of ketones is 1. The first kappa shape index (κ1) is 11.4. The van der Waals surface area contributed by atoms with Gasteiger partial charge in [0.2, 0.25) is 0 Å². The Morgan fingerprint density at radius 1 is 1.50 bits per heavy atom. The van der Waals surface area contributed by atoms with Gasteiger partial charge in [0.15, 0.2) is 10.8 Å². The molecule has 0 radical (unpaired) electrons. The van der Waals surface area contributed by atoms with E-state index in [9.17, 15) is 9.18 Å². The number of carbonyl (C=O) groups is 1. The summed E-state index contributed by atoms with van der Waals surface area (Å²) in [5.74, 6) is -0.424. The van der Waals surface area contributed by atoms with Gasteiger partial charge in [-0.25, -0.2) is 9.37 Å². The highest BCUT2D eigenvalue weighted by Crippen LogP contribution is 2.20. The molecule has 0 bridgehead atoms. The third-order valence-electron chi connectivity index (χ3n) is 1.97. The normalized spacial score (nSPS) is 10.4. The van der Waals surface area contributed by atoms with E-state index in [4.69, 9.17) is 0 Å². The zero-order valence-corrected chi connectivity index (χ0v) is 10.5. The van der Waals surface area contributed by atoms with Crippen LogP contribution in [0.3, 0.4) is 0 Å². The first-order valence-electron chi connectivity index (χ1n) is 4.54. The smallest absolute Gasteiger partial charge is 0.195 e. The van der Waals surface area contributed by atoms with Crippen LogP contribution >= 0.6 is 27.3 Å². The Morgan fingerprint density at radius 2 is 2.31 bits per heavy atom. The minimum Gasteiger partial charge on any atom is -0.291 e. The SMILES string of the molecule is O=C(Cc1cccc(F)c1)c1ncc(Br)s1. The van der Waals surface area contributed by atoms with E-state index >= 15 is 0 Å². The largest absolute Gasteiger partial charge is 0.291 e. The summed E-state index contributed by atoms with van der Waals surface area (Å²) >= 11 is 4.52. The van der Waals surface area contributed by atoms with Crippen molar-refractivity contribution in [3.05, 3.63) is 50.6 Å². The van der Waals surface area contributed by atoms with Crippen LogP contribution in [0, 0.1) is 5.82 Å². The van der Waals surface area contributed by atoms with Crippen LogP contribution in [0.1, 0.15) is 15.4 Å². The Labute approximate surface area is 104 Å². The zero-order valence-electron chi connectivity index (χ0n) is 8.11. The number of halogens is 2. The third-order valence-corrected chi connectivity index (χ3v) is 3.49. The third kappa shape index (κ3) is 2.74. The van der Waals surface area contributed by atoms with E-state index in [1.54, 1.807) is 18.3 Å². The zero-order chi connectivity index (χ0) is 11.5. The Hall–Kier alpha value is -1.07. The van der Waals surface area contributed by atoms with Crippen LogP contribution in [0.2, 0.25) is 0 Å². The predicted octanol–water partition coefficient (Wildman–Crippen LogP) is 3.47. The molecule has 2 aromatic rings. The molecular weight excluding hydrogens is 293 g/mol. The van der Waals surface area contributed by atoms with Gasteiger partial charge in [-0.05, 0) is 33.6 Å². The molecular formula is C11H7BrFNOS. The van der Waals surface area contributed by atoms with Crippen molar-refractivity contribution in [1.29, 1.82) is 0 Å². The van der Waals surface area contributed by atoms with Crippen molar-refractivity contribution in [1.82, 2.24) is 4.98 Å².